The van der Waals surface area contributed by atoms with Gasteiger partial charge in [0.2, 0.25) is 5.75 Å². The van der Waals surface area contributed by atoms with Crippen LogP contribution in [-0.2, 0) is 0 Å². The van der Waals surface area contributed by atoms with Crippen LogP contribution in [0.4, 0.5) is 0 Å². The number of hydrogen-bond donors (Lipinski definition) is 3. The van der Waals surface area contributed by atoms with Crippen LogP contribution in [0, 0.1) is 0 Å². The number of aromatic carboxylic acids is 1. The third kappa shape index (κ3) is 3.51. The molecule has 0 saturated heterocycles. The molecule has 0 aliphatic rings. The minimum absolute atomic E-state index is 0.0875. The Morgan fingerprint density at radius 1 is 1.06 bits per heavy atom. The van der Waals surface area contributed by atoms with Crippen molar-refractivity contribution in [2.75, 3.05) is 21.3 Å². The highest BCUT2D eigenvalue weighted by molar-refractivity contribution is 5.89. The zero-order valence-corrected chi connectivity index (χ0v) is 9.89. The fourth-order valence-electron chi connectivity index (χ4n) is 1.20. The number of carboxylic acid groups (broad SMARTS) is 1. The van der Waals surface area contributed by atoms with Gasteiger partial charge in [-0.1, -0.05) is 0 Å². The first-order chi connectivity index (χ1) is 8.13. The smallest absolute Gasteiger partial charge is 0.335 e. The second kappa shape index (κ2) is 7.31. The molecule has 7 heteroatoms. The Bertz CT molecular complexity index is 356. The Hall–Kier alpha value is -1.99. The first-order valence-electron chi connectivity index (χ1n) is 4.50. The Labute approximate surface area is 98.8 Å². The summed E-state index contributed by atoms with van der Waals surface area (Å²) in [4.78, 5) is 10.8. The van der Waals surface area contributed by atoms with Crippen molar-refractivity contribution in [2.45, 2.75) is 0 Å². The van der Waals surface area contributed by atoms with Gasteiger partial charge in [0.15, 0.2) is 11.5 Å². The summed E-state index contributed by atoms with van der Waals surface area (Å²) in [5, 5.41) is 8.84. The van der Waals surface area contributed by atoms with Gasteiger partial charge in [-0.2, -0.15) is 0 Å². The van der Waals surface area contributed by atoms with E-state index in [9.17, 15) is 4.79 Å². The van der Waals surface area contributed by atoms with Gasteiger partial charge in [-0.05, 0) is 12.1 Å². The van der Waals surface area contributed by atoms with Crippen molar-refractivity contribution in [1.82, 2.24) is 0 Å². The topological polar surface area (TPSA) is 117 Å². The minimum atomic E-state index is -1.05. The summed E-state index contributed by atoms with van der Waals surface area (Å²) >= 11 is 0. The molecule has 5 N–H and O–H groups in total. The van der Waals surface area contributed by atoms with Gasteiger partial charge in [0.05, 0.1) is 26.9 Å². The predicted molar refractivity (Wildman–Crippen MR) is 61.4 cm³/mol. The molecule has 0 atom stereocenters. The van der Waals surface area contributed by atoms with Crippen molar-refractivity contribution in [1.29, 1.82) is 0 Å². The highest BCUT2D eigenvalue weighted by Crippen LogP contribution is 2.38. The molecule has 0 spiro atoms. The van der Waals surface area contributed by atoms with Gasteiger partial charge < -0.3 is 19.3 Å². The zero-order valence-electron chi connectivity index (χ0n) is 9.89. The first kappa shape index (κ1) is 15.0. The van der Waals surface area contributed by atoms with Crippen LogP contribution in [0.25, 0.3) is 0 Å². The summed E-state index contributed by atoms with van der Waals surface area (Å²) in [7, 11) is 4.33. The lowest BCUT2D eigenvalue weighted by molar-refractivity contribution is 0.0696. The summed E-state index contributed by atoms with van der Waals surface area (Å²) in [5.41, 5.74) is 0.0875. The lowest BCUT2D eigenvalue weighted by Gasteiger charge is -2.12. The fourth-order valence-corrected chi connectivity index (χ4v) is 1.20. The third-order valence-corrected chi connectivity index (χ3v) is 1.91. The minimum Gasteiger partial charge on any atom is -0.493 e. The maximum absolute atomic E-state index is 10.8. The lowest BCUT2D eigenvalue weighted by atomic mass is 10.2. The maximum Gasteiger partial charge on any atom is 0.335 e. The molecule has 0 fully saturated rings. The van der Waals surface area contributed by atoms with E-state index < -0.39 is 5.97 Å². The maximum atomic E-state index is 10.8. The van der Waals surface area contributed by atoms with Crippen LogP contribution in [0.1, 0.15) is 10.4 Å². The molecule has 0 aliphatic heterocycles. The first-order valence-corrected chi connectivity index (χ1v) is 4.50. The van der Waals surface area contributed by atoms with Crippen LogP contribution < -0.4 is 25.9 Å². The van der Waals surface area contributed by atoms with Crippen molar-refractivity contribution >= 4 is 5.97 Å². The molecule has 1 aromatic carbocycles. The Kier molecular flexibility index (Phi) is 6.46. The number of carboxylic acids is 1. The summed E-state index contributed by atoms with van der Waals surface area (Å²) in [6.45, 7) is 0. The standard InChI is InChI=1S/C10H12O5.H4N2/c1-13-7-4-6(10(11)12)5-8(14-2)9(7)15-3;1-2/h4-5H,1-3H3,(H,11,12);1-2H2. The molecular weight excluding hydrogens is 228 g/mol. The van der Waals surface area contributed by atoms with E-state index in [1.807, 2.05) is 0 Å². The van der Waals surface area contributed by atoms with Gasteiger partial charge in [-0.3, -0.25) is 11.7 Å². The van der Waals surface area contributed by atoms with Crippen LogP contribution in [0.3, 0.4) is 0 Å². The molecule has 7 nitrogen and oxygen atoms in total. The molecule has 0 saturated carbocycles. The van der Waals surface area contributed by atoms with Crippen LogP contribution in [0.15, 0.2) is 12.1 Å². The van der Waals surface area contributed by atoms with Crippen LogP contribution in [0.5, 0.6) is 17.2 Å². The van der Waals surface area contributed by atoms with Gasteiger partial charge in [0.1, 0.15) is 0 Å². The number of hydrogen-bond acceptors (Lipinski definition) is 6. The SMILES string of the molecule is COc1cc(C(=O)O)cc(OC)c1OC.NN. The van der Waals surface area contributed by atoms with Gasteiger partial charge >= 0.3 is 5.97 Å². The average Bonchev–Trinajstić information content (AvgIpc) is 2.38. The lowest BCUT2D eigenvalue weighted by Crippen LogP contribution is -2.02. The predicted octanol–water partition coefficient (Wildman–Crippen LogP) is 0.229. The zero-order chi connectivity index (χ0) is 13.4. The molecule has 0 radical (unpaired) electrons. The van der Waals surface area contributed by atoms with E-state index in [2.05, 4.69) is 11.7 Å². The van der Waals surface area contributed by atoms with Gasteiger partial charge in [0, 0.05) is 0 Å². The van der Waals surface area contributed by atoms with Crippen molar-refractivity contribution in [2.24, 2.45) is 11.7 Å². The number of ether oxygens (including phenoxy) is 3. The molecule has 96 valence electrons. The number of nitrogens with two attached hydrogens (primary N) is 2. The van der Waals surface area contributed by atoms with Gasteiger partial charge in [0.25, 0.3) is 0 Å². The number of benzene rings is 1. The molecular formula is C10H16N2O5. The Balaban J connectivity index is 0.00000121. The molecule has 1 rings (SSSR count). The molecule has 0 aliphatic carbocycles. The quantitative estimate of drug-likeness (QED) is 0.512. The van der Waals surface area contributed by atoms with Crippen molar-refractivity contribution in [3.8, 4) is 17.2 Å². The summed E-state index contributed by atoms with van der Waals surface area (Å²) in [5.74, 6) is 7.99. The van der Waals surface area contributed by atoms with Crippen LogP contribution in [-0.4, -0.2) is 32.4 Å². The third-order valence-electron chi connectivity index (χ3n) is 1.91. The summed E-state index contributed by atoms with van der Waals surface area (Å²) in [6.07, 6.45) is 0. The monoisotopic (exact) mass is 244 g/mol. The molecule has 17 heavy (non-hydrogen) atoms. The molecule has 0 amide bonds. The fraction of sp³-hybridized carbons (Fsp3) is 0.300. The van der Waals surface area contributed by atoms with Crippen molar-refractivity contribution in [3.63, 3.8) is 0 Å². The summed E-state index contributed by atoms with van der Waals surface area (Å²) in [6, 6.07) is 2.76. The van der Waals surface area contributed by atoms with E-state index in [1.165, 1.54) is 33.5 Å². The largest absolute Gasteiger partial charge is 0.493 e. The average molecular weight is 244 g/mol. The second-order valence-electron chi connectivity index (χ2n) is 2.72. The van der Waals surface area contributed by atoms with E-state index in [4.69, 9.17) is 19.3 Å². The number of hydrazine groups is 1. The molecule has 0 bridgehead atoms. The number of rotatable bonds is 4. The number of methoxy groups -OCH3 is 3. The van der Waals surface area contributed by atoms with Crippen molar-refractivity contribution < 1.29 is 24.1 Å². The Morgan fingerprint density at radius 2 is 1.47 bits per heavy atom. The van der Waals surface area contributed by atoms with E-state index in [1.54, 1.807) is 0 Å². The summed E-state index contributed by atoms with van der Waals surface area (Å²) < 4.78 is 15.1. The van der Waals surface area contributed by atoms with E-state index >= 15 is 0 Å². The highest BCUT2D eigenvalue weighted by Gasteiger charge is 2.15. The Morgan fingerprint density at radius 3 is 1.71 bits per heavy atom. The van der Waals surface area contributed by atoms with E-state index in [0.717, 1.165) is 0 Å². The van der Waals surface area contributed by atoms with Crippen molar-refractivity contribution in [3.05, 3.63) is 17.7 Å². The van der Waals surface area contributed by atoms with Crippen LogP contribution in [0.2, 0.25) is 0 Å². The molecule has 0 aromatic heterocycles. The van der Waals surface area contributed by atoms with E-state index in [-0.39, 0.29) is 5.56 Å². The molecule has 0 heterocycles. The normalized spacial score (nSPS) is 8.76. The highest BCUT2D eigenvalue weighted by atomic mass is 16.5. The molecule has 1 aromatic rings. The van der Waals surface area contributed by atoms with Gasteiger partial charge in [-0.25, -0.2) is 4.79 Å². The molecule has 0 unspecified atom stereocenters. The second-order valence-corrected chi connectivity index (χ2v) is 2.72. The van der Waals surface area contributed by atoms with Gasteiger partial charge in [-0.15, -0.1) is 0 Å². The number of carbonyl (C=O) groups is 1. The van der Waals surface area contributed by atoms with E-state index in [0.29, 0.717) is 17.2 Å². The van der Waals surface area contributed by atoms with Crippen LogP contribution >= 0.6 is 0 Å².